The number of hydrogen-bond acceptors (Lipinski definition) is 2. The first kappa shape index (κ1) is 13.2. The van der Waals surface area contributed by atoms with Crippen LogP contribution >= 0.6 is 0 Å². The molecule has 4 heteroatoms. The molecule has 0 unspecified atom stereocenters. The van der Waals surface area contributed by atoms with Crippen LogP contribution in [0, 0.1) is 0 Å². The summed E-state index contributed by atoms with van der Waals surface area (Å²) in [7, 11) is 0. The van der Waals surface area contributed by atoms with Gasteiger partial charge in [0.1, 0.15) is 0 Å². The number of nitrogens with zero attached hydrogens (tertiary/aromatic N) is 2. The number of likely N-dealkylation sites (tertiary alicyclic amines) is 2. The van der Waals surface area contributed by atoms with Crippen molar-refractivity contribution in [3.05, 3.63) is 35.9 Å². The average Bonchev–Trinajstić information content (AvgIpc) is 2.94. The molecule has 106 valence electrons. The summed E-state index contributed by atoms with van der Waals surface area (Å²) in [6.45, 7) is 2.40. The van der Waals surface area contributed by atoms with E-state index in [1.54, 1.807) is 0 Å². The quantitative estimate of drug-likeness (QED) is 0.825. The van der Waals surface area contributed by atoms with Crippen LogP contribution in [0.3, 0.4) is 0 Å². The maximum atomic E-state index is 12.3. The Morgan fingerprint density at radius 1 is 1.05 bits per heavy atom. The zero-order valence-corrected chi connectivity index (χ0v) is 11.6. The van der Waals surface area contributed by atoms with Crippen molar-refractivity contribution in [2.45, 2.75) is 31.7 Å². The van der Waals surface area contributed by atoms with Gasteiger partial charge in [-0.15, -0.1) is 0 Å². The summed E-state index contributed by atoms with van der Waals surface area (Å²) in [5.74, 6) is 0.398. The van der Waals surface area contributed by atoms with Gasteiger partial charge in [-0.05, 0) is 31.4 Å². The molecular weight excluding hydrogens is 252 g/mol. The predicted molar refractivity (Wildman–Crippen MR) is 76.3 cm³/mol. The van der Waals surface area contributed by atoms with Gasteiger partial charge >= 0.3 is 0 Å². The van der Waals surface area contributed by atoms with Crippen LogP contribution in [0.5, 0.6) is 0 Å². The molecule has 0 aromatic heterocycles. The molecule has 1 aromatic rings. The van der Waals surface area contributed by atoms with Crippen molar-refractivity contribution in [3.8, 4) is 0 Å². The molecule has 2 fully saturated rings. The molecule has 0 saturated carbocycles. The number of rotatable bonds is 2. The van der Waals surface area contributed by atoms with E-state index >= 15 is 0 Å². The van der Waals surface area contributed by atoms with E-state index in [0.29, 0.717) is 12.5 Å². The van der Waals surface area contributed by atoms with Crippen LogP contribution in [0.4, 0.5) is 0 Å². The highest BCUT2D eigenvalue weighted by Crippen LogP contribution is 2.22. The molecule has 2 saturated heterocycles. The lowest BCUT2D eigenvalue weighted by molar-refractivity contribution is -0.130. The summed E-state index contributed by atoms with van der Waals surface area (Å²) in [6.07, 6.45) is 3.50. The zero-order chi connectivity index (χ0) is 13.9. The molecule has 0 aliphatic carbocycles. The highest BCUT2D eigenvalue weighted by Gasteiger charge is 2.31. The van der Waals surface area contributed by atoms with Gasteiger partial charge in [0.25, 0.3) is 5.91 Å². The van der Waals surface area contributed by atoms with Gasteiger partial charge in [-0.25, -0.2) is 0 Å². The number of carbonyl (C=O) groups excluding carboxylic acids is 2. The first-order chi connectivity index (χ1) is 9.75. The second-order valence-electron chi connectivity index (χ2n) is 5.58. The summed E-state index contributed by atoms with van der Waals surface area (Å²) >= 11 is 0. The third-order valence-corrected chi connectivity index (χ3v) is 4.32. The molecule has 0 atom stereocenters. The van der Waals surface area contributed by atoms with Crippen molar-refractivity contribution >= 4 is 11.8 Å². The summed E-state index contributed by atoms with van der Waals surface area (Å²) in [5.41, 5.74) is 0.753. The molecule has 0 bridgehead atoms. The van der Waals surface area contributed by atoms with Gasteiger partial charge in [0.2, 0.25) is 5.91 Å². The van der Waals surface area contributed by atoms with Gasteiger partial charge in [-0.3, -0.25) is 9.59 Å². The largest absolute Gasteiger partial charge is 0.340 e. The highest BCUT2D eigenvalue weighted by molar-refractivity contribution is 5.94. The van der Waals surface area contributed by atoms with Crippen LogP contribution in [-0.4, -0.2) is 47.3 Å². The lowest BCUT2D eigenvalue weighted by Gasteiger charge is -2.36. The van der Waals surface area contributed by atoms with Crippen molar-refractivity contribution in [2.24, 2.45) is 0 Å². The molecule has 2 aliphatic rings. The summed E-state index contributed by atoms with van der Waals surface area (Å²) in [4.78, 5) is 28.0. The van der Waals surface area contributed by atoms with Gasteiger partial charge in [-0.2, -0.15) is 0 Å². The average molecular weight is 272 g/mol. The Labute approximate surface area is 119 Å². The van der Waals surface area contributed by atoms with E-state index in [1.165, 1.54) is 0 Å². The van der Waals surface area contributed by atoms with E-state index in [-0.39, 0.29) is 11.8 Å². The van der Waals surface area contributed by atoms with Crippen LogP contribution in [0.1, 0.15) is 36.0 Å². The second-order valence-corrected chi connectivity index (χ2v) is 5.58. The van der Waals surface area contributed by atoms with Crippen LogP contribution in [-0.2, 0) is 4.79 Å². The number of amides is 2. The molecule has 0 N–H and O–H groups in total. The molecule has 4 nitrogen and oxygen atoms in total. The molecule has 20 heavy (non-hydrogen) atoms. The van der Waals surface area contributed by atoms with E-state index in [4.69, 9.17) is 0 Å². The number of hydrogen-bond donors (Lipinski definition) is 0. The Morgan fingerprint density at radius 3 is 2.35 bits per heavy atom. The van der Waals surface area contributed by atoms with E-state index in [2.05, 4.69) is 0 Å². The monoisotopic (exact) mass is 272 g/mol. The lowest BCUT2D eigenvalue weighted by Crippen LogP contribution is -2.47. The normalized spacial score (nSPS) is 20.5. The van der Waals surface area contributed by atoms with Crippen molar-refractivity contribution in [1.82, 2.24) is 9.80 Å². The molecule has 3 rings (SSSR count). The van der Waals surface area contributed by atoms with E-state index < -0.39 is 0 Å². The fourth-order valence-electron chi connectivity index (χ4n) is 3.20. The Hall–Kier alpha value is -1.84. The topological polar surface area (TPSA) is 40.6 Å². The Balaban J connectivity index is 1.58. The zero-order valence-electron chi connectivity index (χ0n) is 11.6. The Bertz CT molecular complexity index is 492. The van der Waals surface area contributed by atoms with Gasteiger partial charge in [0.05, 0.1) is 0 Å². The molecular formula is C16H20N2O2. The Kier molecular flexibility index (Phi) is 3.72. The lowest BCUT2D eigenvalue weighted by atomic mass is 10.0. The maximum Gasteiger partial charge on any atom is 0.253 e. The van der Waals surface area contributed by atoms with Crippen molar-refractivity contribution in [2.75, 3.05) is 19.6 Å². The van der Waals surface area contributed by atoms with E-state index in [0.717, 1.165) is 44.5 Å². The first-order valence-corrected chi connectivity index (χ1v) is 7.39. The highest BCUT2D eigenvalue weighted by atomic mass is 16.2. The molecule has 0 spiro atoms. The standard InChI is InChI=1S/C16H20N2O2/c19-15-7-4-10-18(15)14-8-11-17(12-9-14)16(20)13-5-2-1-3-6-13/h1-3,5-6,14H,4,7-12H2. The summed E-state index contributed by atoms with van der Waals surface area (Å²) < 4.78 is 0. The van der Waals surface area contributed by atoms with Gasteiger partial charge in [0.15, 0.2) is 0 Å². The fraction of sp³-hybridized carbons (Fsp3) is 0.500. The molecule has 2 amide bonds. The van der Waals surface area contributed by atoms with Gasteiger partial charge in [0, 0.05) is 37.7 Å². The number of piperidine rings is 1. The predicted octanol–water partition coefficient (Wildman–Crippen LogP) is 1.91. The van der Waals surface area contributed by atoms with Crippen molar-refractivity contribution in [1.29, 1.82) is 0 Å². The van der Waals surface area contributed by atoms with Crippen LogP contribution in [0.25, 0.3) is 0 Å². The minimum Gasteiger partial charge on any atom is -0.340 e. The van der Waals surface area contributed by atoms with Gasteiger partial charge in [-0.1, -0.05) is 18.2 Å². The molecule has 2 aliphatic heterocycles. The van der Waals surface area contributed by atoms with Crippen LogP contribution in [0.2, 0.25) is 0 Å². The second kappa shape index (κ2) is 5.65. The minimum atomic E-state index is 0.108. The Morgan fingerprint density at radius 2 is 1.75 bits per heavy atom. The molecule has 0 radical (unpaired) electrons. The third kappa shape index (κ3) is 2.55. The smallest absolute Gasteiger partial charge is 0.253 e. The number of carbonyl (C=O) groups is 2. The minimum absolute atomic E-state index is 0.108. The summed E-state index contributed by atoms with van der Waals surface area (Å²) in [5, 5.41) is 0. The van der Waals surface area contributed by atoms with Crippen LogP contribution in [0.15, 0.2) is 30.3 Å². The first-order valence-electron chi connectivity index (χ1n) is 7.39. The van der Waals surface area contributed by atoms with Crippen LogP contribution < -0.4 is 0 Å². The van der Waals surface area contributed by atoms with E-state index in [1.807, 2.05) is 40.1 Å². The molecule has 2 heterocycles. The fourth-order valence-corrected chi connectivity index (χ4v) is 3.20. The maximum absolute atomic E-state index is 12.3. The molecule has 1 aromatic carbocycles. The summed E-state index contributed by atoms with van der Waals surface area (Å²) in [6, 6.07) is 9.76. The SMILES string of the molecule is O=C(c1ccccc1)N1CCC(N2CCCC2=O)CC1. The van der Waals surface area contributed by atoms with E-state index in [9.17, 15) is 9.59 Å². The number of benzene rings is 1. The third-order valence-electron chi connectivity index (χ3n) is 4.32. The van der Waals surface area contributed by atoms with Crippen molar-refractivity contribution in [3.63, 3.8) is 0 Å². The van der Waals surface area contributed by atoms with Gasteiger partial charge < -0.3 is 9.80 Å². The van der Waals surface area contributed by atoms with Crippen molar-refractivity contribution < 1.29 is 9.59 Å².